The number of amides is 1. The molecule has 2 aromatic carbocycles. The van der Waals surface area contributed by atoms with Gasteiger partial charge in [-0.25, -0.2) is 8.42 Å². The fourth-order valence-electron chi connectivity index (χ4n) is 2.80. The Balaban J connectivity index is 1.88. The smallest absolute Gasteiger partial charge is 0.331 e. The minimum absolute atomic E-state index is 0.0227. The van der Waals surface area contributed by atoms with Gasteiger partial charge in [-0.1, -0.05) is 23.7 Å². The second-order valence-corrected chi connectivity index (χ2v) is 9.20. The van der Waals surface area contributed by atoms with E-state index in [0.29, 0.717) is 5.56 Å². The predicted molar refractivity (Wildman–Crippen MR) is 98.9 cm³/mol. The number of rotatable bonds is 5. The number of alkyl halides is 3. The Morgan fingerprint density at radius 1 is 1.14 bits per heavy atom. The Hall–Kier alpha value is -2.06. The first kappa shape index (κ1) is 20.7. The summed E-state index contributed by atoms with van der Waals surface area (Å²) >= 11 is 6.12. The molecule has 1 aliphatic carbocycles. The van der Waals surface area contributed by atoms with E-state index in [9.17, 15) is 26.4 Å². The summed E-state index contributed by atoms with van der Waals surface area (Å²) in [5.74, 6) is -0.446. The number of carbonyl (C=O) groups excluding carboxylic acids is 1. The first-order valence-corrected chi connectivity index (χ1v) is 10.7. The van der Waals surface area contributed by atoms with E-state index >= 15 is 0 Å². The molecule has 0 saturated heterocycles. The highest BCUT2D eigenvalue weighted by Crippen LogP contribution is 2.33. The van der Waals surface area contributed by atoms with Crippen molar-refractivity contribution >= 4 is 27.3 Å². The Kier molecular flexibility index (Phi) is 5.46. The zero-order valence-corrected chi connectivity index (χ0v) is 16.4. The quantitative estimate of drug-likeness (QED) is 0.697. The second-order valence-electron chi connectivity index (χ2n) is 6.77. The van der Waals surface area contributed by atoms with Crippen molar-refractivity contribution in [3.05, 3.63) is 64.2 Å². The summed E-state index contributed by atoms with van der Waals surface area (Å²) in [5.41, 5.74) is -0.156. The molecule has 0 spiro atoms. The Morgan fingerprint density at radius 2 is 1.75 bits per heavy atom. The van der Waals surface area contributed by atoms with Crippen LogP contribution in [-0.2, 0) is 22.6 Å². The third kappa shape index (κ3) is 4.67. The minimum Gasteiger partial charge on any atom is -0.331 e. The normalized spacial score (nSPS) is 14.8. The minimum atomic E-state index is -4.43. The fraction of sp³-hybridized carbons (Fsp3) is 0.316. The highest BCUT2D eigenvalue weighted by atomic mass is 35.5. The number of hydrogen-bond donors (Lipinski definition) is 0. The largest absolute Gasteiger partial charge is 0.416 e. The molecular weight excluding hydrogens is 415 g/mol. The lowest BCUT2D eigenvalue weighted by atomic mass is 10.1. The van der Waals surface area contributed by atoms with Crippen LogP contribution in [0.4, 0.5) is 13.2 Å². The molecule has 4 nitrogen and oxygen atoms in total. The van der Waals surface area contributed by atoms with E-state index in [1.807, 2.05) is 0 Å². The number of halogens is 4. The van der Waals surface area contributed by atoms with Gasteiger partial charge in [-0.05, 0) is 48.7 Å². The van der Waals surface area contributed by atoms with Gasteiger partial charge < -0.3 is 4.90 Å². The van der Waals surface area contributed by atoms with Crippen molar-refractivity contribution in [1.29, 1.82) is 0 Å². The molecule has 0 unspecified atom stereocenters. The SMILES string of the molecule is CS(=O)(=O)c1ccc(Cl)c(C(=O)N(Cc2ccc(C(F)(F)F)cc2)C2CC2)c1. The van der Waals surface area contributed by atoms with Crippen LogP contribution >= 0.6 is 11.6 Å². The Bertz CT molecular complexity index is 1000. The van der Waals surface area contributed by atoms with Crippen molar-refractivity contribution in [2.45, 2.75) is 36.5 Å². The van der Waals surface area contributed by atoms with Crippen LogP contribution in [0.15, 0.2) is 47.4 Å². The zero-order chi connectivity index (χ0) is 20.7. The van der Waals surface area contributed by atoms with Crippen molar-refractivity contribution in [1.82, 2.24) is 4.90 Å². The first-order valence-electron chi connectivity index (χ1n) is 8.43. The summed E-state index contributed by atoms with van der Waals surface area (Å²) in [7, 11) is -3.52. The van der Waals surface area contributed by atoms with E-state index in [0.717, 1.165) is 31.2 Å². The molecule has 9 heteroatoms. The molecule has 1 aliphatic rings. The third-order valence-corrected chi connectivity index (χ3v) is 5.92. The summed E-state index contributed by atoms with van der Waals surface area (Å²) in [4.78, 5) is 14.5. The zero-order valence-electron chi connectivity index (χ0n) is 14.8. The van der Waals surface area contributed by atoms with Crippen LogP contribution in [0.1, 0.15) is 34.3 Å². The van der Waals surface area contributed by atoms with Gasteiger partial charge in [0.25, 0.3) is 5.91 Å². The van der Waals surface area contributed by atoms with Crippen molar-refractivity contribution in [2.24, 2.45) is 0 Å². The Labute approximate surface area is 165 Å². The maximum Gasteiger partial charge on any atom is 0.416 e. The molecule has 0 heterocycles. The monoisotopic (exact) mass is 431 g/mol. The first-order chi connectivity index (χ1) is 13.0. The maximum atomic E-state index is 13.0. The van der Waals surface area contributed by atoms with E-state index in [1.54, 1.807) is 0 Å². The highest BCUT2D eigenvalue weighted by Gasteiger charge is 2.35. The fourth-order valence-corrected chi connectivity index (χ4v) is 3.65. The van der Waals surface area contributed by atoms with Gasteiger partial charge in [0.05, 0.1) is 21.0 Å². The van der Waals surface area contributed by atoms with E-state index in [-0.39, 0.29) is 28.1 Å². The van der Waals surface area contributed by atoms with Crippen LogP contribution in [-0.4, -0.2) is 31.5 Å². The molecule has 1 fully saturated rings. The van der Waals surface area contributed by atoms with Gasteiger partial charge in [-0.3, -0.25) is 4.79 Å². The van der Waals surface area contributed by atoms with E-state index < -0.39 is 27.5 Å². The molecule has 2 aromatic rings. The van der Waals surface area contributed by atoms with Crippen LogP contribution in [0, 0.1) is 0 Å². The molecule has 0 N–H and O–H groups in total. The standard InChI is InChI=1S/C19H17ClF3NO3S/c1-28(26,27)15-8-9-17(20)16(10-15)18(25)24(14-6-7-14)11-12-2-4-13(5-3-12)19(21,22)23/h2-5,8-10,14H,6-7,11H2,1H3. The summed E-state index contributed by atoms with van der Waals surface area (Å²) in [6.07, 6.45) is -1.85. The molecule has 0 aromatic heterocycles. The lowest BCUT2D eigenvalue weighted by Gasteiger charge is -2.23. The molecule has 28 heavy (non-hydrogen) atoms. The molecular formula is C19H17ClF3NO3S. The topological polar surface area (TPSA) is 54.5 Å². The molecule has 0 bridgehead atoms. The predicted octanol–water partition coefficient (Wildman–Crippen LogP) is 4.57. The van der Waals surface area contributed by atoms with Gasteiger partial charge >= 0.3 is 6.18 Å². The molecule has 0 radical (unpaired) electrons. The van der Waals surface area contributed by atoms with Crippen LogP contribution < -0.4 is 0 Å². The van der Waals surface area contributed by atoms with E-state index in [4.69, 9.17) is 11.6 Å². The van der Waals surface area contributed by atoms with E-state index in [2.05, 4.69) is 0 Å². The average molecular weight is 432 g/mol. The van der Waals surface area contributed by atoms with Crippen molar-refractivity contribution in [3.63, 3.8) is 0 Å². The highest BCUT2D eigenvalue weighted by molar-refractivity contribution is 7.90. The second kappa shape index (κ2) is 7.40. The number of hydrogen-bond acceptors (Lipinski definition) is 3. The lowest BCUT2D eigenvalue weighted by molar-refractivity contribution is -0.137. The summed E-state index contributed by atoms with van der Waals surface area (Å²) in [6, 6.07) is 8.49. The van der Waals surface area contributed by atoms with Crippen LogP contribution in [0.3, 0.4) is 0 Å². The van der Waals surface area contributed by atoms with Crippen molar-refractivity contribution < 1.29 is 26.4 Å². The summed E-state index contributed by atoms with van der Waals surface area (Å²) in [5, 5.41) is 0.121. The van der Waals surface area contributed by atoms with Crippen molar-refractivity contribution in [2.75, 3.05) is 6.26 Å². The summed E-state index contributed by atoms with van der Waals surface area (Å²) in [6.45, 7) is 0.112. The third-order valence-electron chi connectivity index (χ3n) is 4.48. The van der Waals surface area contributed by atoms with Gasteiger partial charge in [0.1, 0.15) is 0 Å². The van der Waals surface area contributed by atoms with Crippen LogP contribution in [0.25, 0.3) is 0 Å². The van der Waals surface area contributed by atoms with E-state index in [1.165, 1.54) is 35.2 Å². The van der Waals surface area contributed by atoms with Gasteiger partial charge in [0.2, 0.25) is 0 Å². The van der Waals surface area contributed by atoms with Crippen LogP contribution in [0.2, 0.25) is 5.02 Å². The Morgan fingerprint density at radius 3 is 2.25 bits per heavy atom. The molecule has 0 aliphatic heterocycles. The van der Waals surface area contributed by atoms with Gasteiger partial charge in [-0.2, -0.15) is 13.2 Å². The number of benzene rings is 2. The van der Waals surface area contributed by atoms with Crippen LogP contribution in [0.5, 0.6) is 0 Å². The number of carbonyl (C=O) groups is 1. The molecule has 0 atom stereocenters. The maximum absolute atomic E-state index is 13.0. The number of nitrogens with zero attached hydrogens (tertiary/aromatic N) is 1. The van der Waals surface area contributed by atoms with Gasteiger partial charge in [-0.15, -0.1) is 0 Å². The van der Waals surface area contributed by atoms with Crippen molar-refractivity contribution in [3.8, 4) is 0 Å². The lowest BCUT2D eigenvalue weighted by Crippen LogP contribution is -2.33. The molecule has 1 saturated carbocycles. The molecule has 1 amide bonds. The van der Waals surface area contributed by atoms with Gasteiger partial charge in [0.15, 0.2) is 9.84 Å². The summed E-state index contributed by atoms with van der Waals surface area (Å²) < 4.78 is 61.7. The number of sulfone groups is 1. The average Bonchev–Trinajstić information content (AvgIpc) is 3.43. The molecule has 3 rings (SSSR count). The van der Waals surface area contributed by atoms with Gasteiger partial charge in [0, 0.05) is 18.8 Å². The molecule has 150 valence electrons.